The predicted molar refractivity (Wildman–Crippen MR) is 132 cm³/mol. The first-order chi connectivity index (χ1) is 15.9. The third-order valence-electron chi connectivity index (χ3n) is 6.18. The molecule has 0 bridgehead atoms. The second-order valence-corrected chi connectivity index (χ2v) is 11.2. The number of esters is 1. The van der Waals surface area contributed by atoms with Gasteiger partial charge in [-0.15, -0.1) is 0 Å². The number of carbonyl (C=O) groups excluding carboxylic acids is 2. The van der Waals surface area contributed by atoms with Gasteiger partial charge >= 0.3 is 5.97 Å². The first-order valence-corrected chi connectivity index (χ1v) is 13.0. The van der Waals surface area contributed by atoms with Gasteiger partial charge in [-0.1, -0.05) is 49.7 Å². The summed E-state index contributed by atoms with van der Waals surface area (Å²) in [6, 6.07) is 8.50. The average molecular weight is 487 g/mol. The van der Waals surface area contributed by atoms with Gasteiger partial charge in [-0.05, 0) is 68.7 Å². The summed E-state index contributed by atoms with van der Waals surface area (Å²) in [5.74, 6) is -0.946. The summed E-state index contributed by atoms with van der Waals surface area (Å²) in [6.45, 7) is 11.2. The van der Waals surface area contributed by atoms with Gasteiger partial charge in [0.1, 0.15) is 6.04 Å². The van der Waals surface area contributed by atoms with Gasteiger partial charge in [-0.3, -0.25) is 9.59 Å². The molecule has 0 spiro atoms. The van der Waals surface area contributed by atoms with Crippen molar-refractivity contribution in [3.63, 3.8) is 0 Å². The van der Waals surface area contributed by atoms with Crippen LogP contribution in [0.1, 0.15) is 60.4 Å². The third-order valence-corrected chi connectivity index (χ3v) is 8.40. The number of rotatable bonds is 7. The Morgan fingerprint density at radius 1 is 1.09 bits per heavy atom. The van der Waals surface area contributed by atoms with Gasteiger partial charge in [0, 0.05) is 12.2 Å². The fourth-order valence-electron chi connectivity index (χ4n) is 4.71. The maximum absolute atomic E-state index is 13.5. The second-order valence-electron chi connectivity index (χ2n) is 9.35. The Morgan fingerprint density at radius 3 is 2.35 bits per heavy atom. The van der Waals surface area contributed by atoms with E-state index in [1.54, 1.807) is 13.8 Å². The van der Waals surface area contributed by atoms with Crippen LogP contribution < -0.4 is 5.32 Å². The molecule has 1 aliphatic heterocycles. The second kappa shape index (κ2) is 10.3. The van der Waals surface area contributed by atoms with Crippen LogP contribution in [0.15, 0.2) is 35.2 Å². The van der Waals surface area contributed by atoms with E-state index in [0.29, 0.717) is 29.7 Å². The Balaban J connectivity index is 1.72. The Kier molecular flexibility index (Phi) is 7.83. The number of ether oxygens (including phenoxy) is 1. The van der Waals surface area contributed by atoms with Gasteiger partial charge in [0.05, 0.1) is 4.90 Å². The highest BCUT2D eigenvalue weighted by molar-refractivity contribution is 7.89. The number of nitrogens with zero attached hydrogens (tertiary/aromatic N) is 1. The molecule has 1 N–H and O–H groups in total. The number of hydrogen-bond donors (Lipinski definition) is 1. The minimum atomic E-state index is -3.89. The average Bonchev–Trinajstić information content (AvgIpc) is 3.23. The summed E-state index contributed by atoms with van der Waals surface area (Å²) in [6.07, 6.45) is 0.912. The molecule has 1 atom stereocenters. The molecule has 184 valence electrons. The maximum Gasteiger partial charge on any atom is 0.324 e. The number of aryl methyl sites for hydroxylation is 4. The Labute approximate surface area is 202 Å². The van der Waals surface area contributed by atoms with Gasteiger partial charge < -0.3 is 10.1 Å². The highest BCUT2D eigenvalue weighted by atomic mass is 32.2. The summed E-state index contributed by atoms with van der Waals surface area (Å²) in [4.78, 5) is 25.6. The molecular weight excluding hydrogens is 452 g/mol. The van der Waals surface area contributed by atoms with Gasteiger partial charge in [-0.2, -0.15) is 4.31 Å². The van der Waals surface area contributed by atoms with E-state index < -0.39 is 34.5 Å². The quantitative estimate of drug-likeness (QED) is 0.587. The number of nitrogens with one attached hydrogen (secondary N) is 1. The zero-order chi connectivity index (χ0) is 25.2. The molecule has 3 rings (SSSR count). The molecule has 1 saturated heterocycles. The first-order valence-electron chi connectivity index (χ1n) is 11.6. The van der Waals surface area contributed by atoms with Crippen molar-refractivity contribution >= 4 is 27.6 Å². The number of hydrogen-bond acceptors (Lipinski definition) is 5. The molecule has 1 unspecified atom stereocenters. The van der Waals surface area contributed by atoms with Gasteiger partial charge in [-0.25, -0.2) is 8.42 Å². The van der Waals surface area contributed by atoms with Crippen LogP contribution in [0.25, 0.3) is 0 Å². The zero-order valence-corrected chi connectivity index (χ0v) is 21.6. The molecule has 1 amide bonds. The highest BCUT2D eigenvalue weighted by Crippen LogP contribution is 2.31. The van der Waals surface area contributed by atoms with Crippen molar-refractivity contribution in [2.24, 2.45) is 0 Å². The van der Waals surface area contributed by atoms with Crippen LogP contribution in [0.2, 0.25) is 0 Å². The van der Waals surface area contributed by atoms with E-state index in [4.69, 9.17) is 4.74 Å². The van der Waals surface area contributed by atoms with E-state index in [1.165, 1.54) is 4.31 Å². The molecule has 2 aromatic carbocycles. The van der Waals surface area contributed by atoms with Crippen molar-refractivity contribution in [3.8, 4) is 0 Å². The van der Waals surface area contributed by atoms with E-state index >= 15 is 0 Å². The van der Waals surface area contributed by atoms with Crippen molar-refractivity contribution in [2.45, 2.75) is 71.2 Å². The molecule has 0 saturated carbocycles. The number of amides is 1. The van der Waals surface area contributed by atoms with Gasteiger partial charge in [0.15, 0.2) is 6.61 Å². The molecular formula is C26H34N2O5S. The fraction of sp³-hybridized carbons (Fsp3) is 0.462. The SMILES string of the molecule is Cc1cc(C)c(S(=O)(=O)N2CCCC2C(=O)OCC(=O)Nc2c(C)cccc2C(C)C)c(C)c1. The van der Waals surface area contributed by atoms with E-state index in [2.05, 4.69) is 5.32 Å². The van der Waals surface area contributed by atoms with E-state index in [9.17, 15) is 18.0 Å². The molecule has 34 heavy (non-hydrogen) atoms. The van der Waals surface area contributed by atoms with Crippen molar-refractivity contribution < 1.29 is 22.7 Å². The summed E-state index contributed by atoms with van der Waals surface area (Å²) in [5, 5.41) is 2.85. The molecule has 0 aromatic heterocycles. The summed E-state index contributed by atoms with van der Waals surface area (Å²) in [7, 11) is -3.89. The largest absolute Gasteiger partial charge is 0.454 e. The van der Waals surface area contributed by atoms with Crippen molar-refractivity contribution in [3.05, 3.63) is 58.1 Å². The van der Waals surface area contributed by atoms with Crippen molar-refractivity contribution in [2.75, 3.05) is 18.5 Å². The number of carbonyl (C=O) groups is 2. The molecule has 1 fully saturated rings. The smallest absolute Gasteiger partial charge is 0.324 e. The van der Waals surface area contributed by atoms with Crippen molar-refractivity contribution in [1.29, 1.82) is 0 Å². The third kappa shape index (κ3) is 5.33. The van der Waals surface area contributed by atoms with Crippen LogP contribution in [0, 0.1) is 27.7 Å². The summed E-state index contributed by atoms with van der Waals surface area (Å²) in [5.41, 5.74) is 4.91. The lowest BCUT2D eigenvalue weighted by atomic mass is 9.98. The molecule has 0 radical (unpaired) electrons. The molecule has 8 heteroatoms. The minimum Gasteiger partial charge on any atom is -0.454 e. The minimum absolute atomic E-state index is 0.212. The van der Waals surface area contributed by atoms with Crippen molar-refractivity contribution in [1.82, 2.24) is 4.31 Å². The molecule has 0 aliphatic carbocycles. The Hall–Kier alpha value is -2.71. The summed E-state index contributed by atoms with van der Waals surface area (Å²) < 4.78 is 33.4. The number of anilines is 1. The standard InChI is InChI=1S/C26H34N2O5S/c1-16(2)21-10-7-9-18(4)24(21)27-23(29)15-33-26(30)22-11-8-12-28(22)34(31,32)25-19(5)13-17(3)14-20(25)6/h7,9-10,13-14,16,22H,8,11-12,15H2,1-6H3,(H,27,29). The lowest BCUT2D eigenvalue weighted by Gasteiger charge is -2.24. The van der Waals surface area contributed by atoms with Gasteiger partial charge in [0.25, 0.3) is 5.91 Å². The topological polar surface area (TPSA) is 92.8 Å². The molecule has 2 aromatic rings. The number of sulfonamides is 1. The fourth-order valence-corrected chi connectivity index (χ4v) is 6.77. The molecule has 1 heterocycles. The van der Waals surface area contributed by atoms with Gasteiger partial charge in [0.2, 0.25) is 10.0 Å². The van der Waals surface area contributed by atoms with Crippen LogP contribution in [-0.2, 0) is 24.3 Å². The van der Waals surface area contributed by atoms with E-state index in [1.807, 2.05) is 58.0 Å². The number of para-hydroxylation sites is 1. The zero-order valence-electron chi connectivity index (χ0n) is 20.8. The van der Waals surface area contributed by atoms with Crippen LogP contribution in [-0.4, -0.2) is 43.8 Å². The normalized spacial score (nSPS) is 16.6. The first kappa shape index (κ1) is 25.9. The Bertz CT molecular complexity index is 1180. The maximum atomic E-state index is 13.5. The monoisotopic (exact) mass is 486 g/mol. The lowest BCUT2D eigenvalue weighted by Crippen LogP contribution is -2.42. The molecule has 7 nitrogen and oxygen atoms in total. The summed E-state index contributed by atoms with van der Waals surface area (Å²) >= 11 is 0. The Morgan fingerprint density at radius 2 is 1.74 bits per heavy atom. The predicted octanol–water partition coefficient (Wildman–Crippen LogP) is 4.38. The van der Waals surface area contributed by atoms with Crippen LogP contribution in [0.3, 0.4) is 0 Å². The molecule has 1 aliphatic rings. The van der Waals surface area contributed by atoms with Crippen LogP contribution >= 0.6 is 0 Å². The van der Waals surface area contributed by atoms with E-state index in [-0.39, 0.29) is 17.4 Å². The van der Waals surface area contributed by atoms with E-state index in [0.717, 1.165) is 16.7 Å². The number of benzene rings is 2. The lowest BCUT2D eigenvalue weighted by molar-refractivity contribution is -0.150. The highest BCUT2D eigenvalue weighted by Gasteiger charge is 2.41. The van der Waals surface area contributed by atoms with Crippen LogP contribution in [0.5, 0.6) is 0 Å². The van der Waals surface area contributed by atoms with Crippen LogP contribution in [0.4, 0.5) is 5.69 Å².